The van der Waals surface area contributed by atoms with Crippen LogP contribution in [0, 0.1) is 0 Å². The first-order valence-corrected chi connectivity index (χ1v) is 8.93. The van der Waals surface area contributed by atoms with Crippen molar-refractivity contribution in [2.45, 2.75) is 39.2 Å². The molecule has 1 rings (SSSR count). The Morgan fingerprint density at radius 3 is 2.44 bits per heavy atom. The van der Waals surface area contributed by atoms with Gasteiger partial charge < -0.3 is 8.85 Å². The Morgan fingerprint density at radius 1 is 1.11 bits per heavy atom. The van der Waals surface area contributed by atoms with E-state index in [0.29, 0.717) is 0 Å². The minimum Gasteiger partial charge on any atom is -0.394 e. The predicted molar refractivity (Wildman–Crippen MR) is 80.9 cm³/mol. The smallest absolute Gasteiger partial charge is 0.384 e. The van der Waals surface area contributed by atoms with Crippen molar-refractivity contribution in [3.8, 4) is 0 Å². The van der Waals surface area contributed by atoms with Crippen LogP contribution in [0.4, 0.5) is 0 Å². The highest BCUT2D eigenvalue weighted by Gasteiger charge is 2.13. The van der Waals surface area contributed by atoms with Gasteiger partial charge in [-0.3, -0.25) is 0 Å². The lowest BCUT2D eigenvalue weighted by Gasteiger charge is -2.12. The van der Waals surface area contributed by atoms with Crippen LogP contribution in [0.25, 0.3) is 0 Å². The first kappa shape index (κ1) is 15.9. The number of unbranched alkanes of at least 4 members (excludes halogenated alkanes) is 1. The van der Waals surface area contributed by atoms with Crippen molar-refractivity contribution in [1.29, 1.82) is 0 Å². The minimum atomic E-state index is -1.02. The Morgan fingerprint density at radius 2 is 1.83 bits per heavy atom. The molecule has 0 saturated carbocycles. The lowest BCUT2D eigenvalue weighted by Crippen LogP contribution is -2.22. The van der Waals surface area contributed by atoms with Crippen LogP contribution in [0.5, 0.6) is 0 Å². The van der Waals surface area contributed by atoms with Crippen LogP contribution in [0.15, 0.2) is 28.7 Å². The summed E-state index contributed by atoms with van der Waals surface area (Å²) in [5, 5.41) is 0. The standard InChI is InChI=1S/C14H22BrO2Si/c1-3-16-18(17-4-2)11-6-5-8-13-9-7-10-14(15)12-13/h7,9-10,12H,3-6,8,11H2,1-2H3. The second kappa shape index (κ2) is 9.73. The van der Waals surface area contributed by atoms with E-state index >= 15 is 0 Å². The van der Waals surface area contributed by atoms with E-state index in [1.165, 1.54) is 18.4 Å². The van der Waals surface area contributed by atoms with Gasteiger partial charge >= 0.3 is 9.28 Å². The van der Waals surface area contributed by atoms with Crippen molar-refractivity contribution in [3.05, 3.63) is 34.3 Å². The maximum atomic E-state index is 5.63. The van der Waals surface area contributed by atoms with Crippen LogP contribution < -0.4 is 0 Å². The predicted octanol–water partition coefficient (Wildman–Crippen LogP) is 4.33. The first-order valence-electron chi connectivity index (χ1n) is 6.62. The van der Waals surface area contributed by atoms with Crippen molar-refractivity contribution in [3.63, 3.8) is 0 Å². The third-order valence-corrected chi connectivity index (χ3v) is 5.07. The molecule has 0 unspecified atom stereocenters. The Hall–Kier alpha value is -0.163. The SMILES string of the molecule is CCO[Si](CCCCc1cccc(Br)c1)OCC. The molecule has 0 bridgehead atoms. The van der Waals surface area contributed by atoms with Gasteiger partial charge in [-0.05, 0) is 50.4 Å². The Balaban J connectivity index is 2.20. The van der Waals surface area contributed by atoms with Gasteiger partial charge in [-0.15, -0.1) is 0 Å². The third kappa shape index (κ3) is 6.68. The number of rotatable bonds is 9. The second-order valence-corrected chi connectivity index (χ2v) is 6.81. The third-order valence-electron chi connectivity index (χ3n) is 2.60. The van der Waals surface area contributed by atoms with Crippen molar-refractivity contribution in [1.82, 2.24) is 0 Å². The molecule has 0 saturated heterocycles. The van der Waals surface area contributed by atoms with Crippen LogP contribution in [-0.2, 0) is 15.3 Å². The zero-order valence-corrected chi connectivity index (χ0v) is 13.8. The van der Waals surface area contributed by atoms with Crippen LogP contribution in [0.2, 0.25) is 6.04 Å². The van der Waals surface area contributed by atoms with Gasteiger partial charge in [0.05, 0.1) is 0 Å². The fraction of sp³-hybridized carbons (Fsp3) is 0.571. The molecule has 0 heterocycles. The van der Waals surface area contributed by atoms with Crippen LogP contribution >= 0.6 is 15.9 Å². The number of benzene rings is 1. The molecule has 1 radical (unpaired) electrons. The zero-order valence-electron chi connectivity index (χ0n) is 11.2. The van der Waals surface area contributed by atoms with Crippen LogP contribution in [0.1, 0.15) is 32.3 Å². The maximum absolute atomic E-state index is 5.63. The molecule has 101 valence electrons. The summed E-state index contributed by atoms with van der Waals surface area (Å²) < 4.78 is 12.4. The summed E-state index contributed by atoms with van der Waals surface area (Å²) in [5.74, 6) is 0. The van der Waals surface area contributed by atoms with E-state index in [4.69, 9.17) is 8.85 Å². The largest absolute Gasteiger partial charge is 0.394 e. The molecule has 0 atom stereocenters. The highest BCUT2D eigenvalue weighted by Crippen LogP contribution is 2.14. The van der Waals surface area contributed by atoms with E-state index in [0.717, 1.165) is 30.2 Å². The molecule has 18 heavy (non-hydrogen) atoms. The van der Waals surface area contributed by atoms with Gasteiger partial charge in [-0.2, -0.15) is 0 Å². The molecule has 0 aliphatic rings. The highest BCUT2D eigenvalue weighted by molar-refractivity contribution is 9.10. The second-order valence-electron chi connectivity index (χ2n) is 4.08. The van der Waals surface area contributed by atoms with E-state index in [2.05, 4.69) is 40.2 Å². The lowest BCUT2D eigenvalue weighted by atomic mass is 10.1. The Labute approximate surface area is 121 Å². The average Bonchev–Trinajstić information content (AvgIpc) is 2.35. The number of hydrogen-bond acceptors (Lipinski definition) is 2. The molecule has 0 fully saturated rings. The first-order chi connectivity index (χ1) is 8.76. The van der Waals surface area contributed by atoms with Crippen molar-refractivity contribution >= 4 is 25.2 Å². The van der Waals surface area contributed by atoms with Gasteiger partial charge in [0.15, 0.2) is 0 Å². The molecule has 2 nitrogen and oxygen atoms in total. The van der Waals surface area contributed by atoms with Crippen molar-refractivity contribution in [2.24, 2.45) is 0 Å². The fourth-order valence-corrected chi connectivity index (χ4v) is 3.80. The molecular weight excluding hydrogens is 308 g/mol. The molecule has 0 amide bonds. The molecule has 0 aliphatic heterocycles. The number of hydrogen-bond donors (Lipinski definition) is 0. The van der Waals surface area contributed by atoms with Crippen molar-refractivity contribution < 1.29 is 8.85 Å². The van der Waals surface area contributed by atoms with E-state index in [9.17, 15) is 0 Å². The average molecular weight is 330 g/mol. The Kier molecular flexibility index (Phi) is 8.59. The zero-order chi connectivity index (χ0) is 13.2. The van der Waals surface area contributed by atoms with E-state index < -0.39 is 9.28 Å². The molecule has 4 heteroatoms. The molecule has 0 spiro atoms. The molecular formula is C14H22BrO2Si. The molecule has 1 aromatic carbocycles. The van der Waals surface area contributed by atoms with Crippen LogP contribution in [-0.4, -0.2) is 22.5 Å². The lowest BCUT2D eigenvalue weighted by molar-refractivity contribution is 0.212. The van der Waals surface area contributed by atoms with Gasteiger partial charge in [0.2, 0.25) is 0 Å². The topological polar surface area (TPSA) is 18.5 Å². The number of aryl methyl sites for hydroxylation is 1. The molecule has 0 aliphatic carbocycles. The van der Waals surface area contributed by atoms with Gasteiger partial charge in [0, 0.05) is 17.7 Å². The van der Waals surface area contributed by atoms with Crippen LogP contribution in [0.3, 0.4) is 0 Å². The van der Waals surface area contributed by atoms with Crippen molar-refractivity contribution in [2.75, 3.05) is 13.2 Å². The highest BCUT2D eigenvalue weighted by atomic mass is 79.9. The van der Waals surface area contributed by atoms with Gasteiger partial charge in [0.1, 0.15) is 0 Å². The van der Waals surface area contributed by atoms with E-state index in [1.807, 2.05) is 13.8 Å². The maximum Gasteiger partial charge on any atom is 0.384 e. The fourth-order valence-electron chi connectivity index (χ4n) is 1.80. The normalized spacial score (nSPS) is 11.1. The summed E-state index contributed by atoms with van der Waals surface area (Å²) in [6, 6.07) is 9.61. The molecule has 0 aromatic heterocycles. The summed E-state index contributed by atoms with van der Waals surface area (Å²) in [6.07, 6.45) is 3.51. The van der Waals surface area contributed by atoms with E-state index in [-0.39, 0.29) is 0 Å². The Bertz CT molecular complexity index is 327. The summed E-state index contributed by atoms with van der Waals surface area (Å²) in [6.45, 7) is 5.59. The van der Waals surface area contributed by atoms with E-state index in [1.54, 1.807) is 0 Å². The van der Waals surface area contributed by atoms with Gasteiger partial charge in [0.25, 0.3) is 0 Å². The summed E-state index contributed by atoms with van der Waals surface area (Å²) in [5.41, 5.74) is 1.39. The summed E-state index contributed by atoms with van der Waals surface area (Å²) >= 11 is 3.50. The molecule has 1 aromatic rings. The van der Waals surface area contributed by atoms with Gasteiger partial charge in [-0.25, -0.2) is 0 Å². The monoisotopic (exact) mass is 329 g/mol. The molecule has 0 N–H and O–H groups in total. The number of halogens is 1. The summed E-state index contributed by atoms with van der Waals surface area (Å²) in [4.78, 5) is 0. The summed E-state index contributed by atoms with van der Waals surface area (Å²) in [7, 11) is -1.02. The quantitative estimate of drug-likeness (QED) is 0.495. The minimum absolute atomic E-state index is 0.764. The van der Waals surface area contributed by atoms with Gasteiger partial charge in [-0.1, -0.05) is 34.5 Å².